The lowest BCUT2D eigenvalue weighted by molar-refractivity contribution is 0.606. The van der Waals surface area contributed by atoms with Gasteiger partial charge in [0.05, 0.1) is 0 Å². The van der Waals surface area contributed by atoms with E-state index in [1.54, 1.807) is 6.07 Å². The molecule has 0 radical (unpaired) electrons. The van der Waals surface area contributed by atoms with Crippen LogP contribution in [0.5, 0.6) is 0 Å². The summed E-state index contributed by atoms with van der Waals surface area (Å²) in [6.07, 6.45) is 2.07. The summed E-state index contributed by atoms with van der Waals surface area (Å²) in [5.41, 5.74) is 2.56. The minimum absolute atomic E-state index is 0.0548. The Hall–Kier alpha value is -0.890. The van der Waals surface area contributed by atoms with Crippen molar-refractivity contribution in [2.75, 3.05) is 13.1 Å². The third-order valence-corrected chi connectivity index (χ3v) is 4.06. The summed E-state index contributed by atoms with van der Waals surface area (Å²) in [7, 11) is 0. The Labute approximate surface area is 89.7 Å². The van der Waals surface area contributed by atoms with Crippen LogP contribution in [0, 0.1) is 11.7 Å². The highest BCUT2D eigenvalue weighted by Crippen LogP contribution is 2.56. The van der Waals surface area contributed by atoms with Crippen molar-refractivity contribution in [1.82, 2.24) is 5.32 Å². The van der Waals surface area contributed by atoms with Gasteiger partial charge in [0.2, 0.25) is 0 Å². The number of piperidine rings is 1. The number of halogens is 1. The van der Waals surface area contributed by atoms with Crippen LogP contribution in [0.1, 0.15) is 24.5 Å². The van der Waals surface area contributed by atoms with Gasteiger partial charge in [-0.1, -0.05) is 19.1 Å². The Morgan fingerprint density at radius 2 is 2.40 bits per heavy atom. The lowest BCUT2D eigenvalue weighted by Crippen LogP contribution is -2.19. The van der Waals surface area contributed by atoms with Crippen molar-refractivity contribution >= 4 is 0 Å². The third kappa shape index (κ3) is 1.24. The molecule has 0 amide bonds. The van der Waals surface area contributed by atoms with Crippen molar-refractivity contribution in [1.29, 1.82) is 0 Å². The molecule has 1 nitrogen and oxygen atoms in total. The maximum atomic E-state index is 13.4. The van der Waals surface area contributed by atoms with Crippen LogP contribution in [0.2, 0.25) is 0 Å². The van der Waals surface area contributed by atoms with Crippen LogP contribution in [-0.2, 0) is 11.8 Å². The minimum Gasteiger partial charge on any atom is -0.316 e. The van der Waals surface area contributed by atoms with Crippen molar-refractivity contribution in [2.45, 2.75) is 25.2 Å². The van der Waals surface area contributed by atoms with Gasteiger partial charge in [-0.2, -0.15) is 0 Å². The van der Waals surface area contributed by atoms with Crippen molar-refractivity contribution in [3.05, 3.63) is 35.1 Å². The van der Waals surface area contributed by atoms with Crippen LogP contribution < -0.4 is 5.32 Å². The van der Waals surface area contributed by atoms with E-state index in [-0.39, 0.29) is 5.82 Å². The average Bonchev–Trinajstić information content (AvgIpc) is 2.82. The molecule has 0 spiro atoms. The molecule has 2 aliphatic rings. The van der Waals surface area contributed by atoms with Gasteiger partial charge in [0.1, 0.15) is 5.82 Å². The standard InChI is InChI=1S/C13H16FN/c1-2-9-5-10(3-4-12(9)14)13-6-11(13)7-15-8-13/h3-5,11,15H,2,6-8H2,1H3. The zero-order chi connectivity index (χ0) is 10.5. The lowest BCUT2D eigenvalue weighted by atomic mass is 9.93. The summed E-state index contributed by atoms with van der Waals surface area (Å²) in [6, 6.07) is 5.68. The topological polar surface area (TPSA) is 12.0 Å². The summed E-state index contributed by atoms with van der Waals surface area (Å²) in [5.74, 6) is 0.744. The molecule has 2 unspecified atom stereocenters. The fraction of sp³-hybridized carbons (Fsp3) is 0.538. The summed E-state index contributed by atoms with van der Waals surface area (Å²) in [6.45, 7) is 4.22. The second kappa shape index (κ2) is 3.05. The molecule has 0 bridgehead atoms. The van der Waals surface area contributed by atoms with Crippen LogP contribution in [0.4, 0.5) is 4.39 Å². The number of rotatable bonds is 2. The first kappa shape index (κ1) is 9.34. The molecule has 1 heterocycles. The van der Waals surface area contributed by atoms with E-state index in [1.165, 1.54) is 12.0 Å². The second-order valence-corrected chi connectivity index (χ2v) is 4.85. The highest BCUT2D eigenvalue weighted by atomic mass is 19.1. The number of nitrogens with one attached hydrogen (secondary N) is 1. The van der Waals surface area contributed by atoms with Gasteiger partial charge in [-0.25, -0.2) is 4.39 Å². The van der Waals surface area contributed by atoms with Crippen LogP contribution in [0.25, 0.3) is 0 Å². The first-order valence-electron chi connectivity index (χ1n) is 5.76. The second-order valence-electron chi connectivity index (χ2n) is 4.85. The Bertz CT molecular complexity index is 402. The molecular formula is C13H16FN. The third-order valence-electron chi connectivity index (χ3n) is 4.06. The molecule has 1 aromatic rings. The Morgan fingerprint density at radius 3 is 3.00 bits per heavy atom. The van der Waals surface area contributed by atoms with E-state index in [4.69, 9.17) is 0 Å². The van der Waals surface area contributed by atoms with Gasteiger partial charge in [0, 0.05) is 12.0 Å². The summed E-state index contributed by atoms with van der Waals surface area (Å²) in [4.78, 5) is 0. The first-order valence-corrected chi connectivity index (χ1v) is 5.76. The van der Waals surface area contributed by atoms with Crippen LogP contribution in [0.15, 0.2) is 18.2 Å². The van der Waals surface area contributed by atoms with Gasteiger partial charge >= 0.3 is 0 Å². The molecule has 80 valence electrons. The molecule has 1 aromatic carbocycles. The number of hydrogen-bond donors (Lipinski definition) is 1. The lowest BCUT2D eigenvalue weighted by Gasteiger charge is -2.13. The van der Waals surface area contributed by atoms with Gasteiger partial charge in [-0.3, -0.25) is 0 Å². The molecule has 2 heteroatoms. The number of benzene rings is 1. The van der Waals surface area contributed by atoms with Crippen LogP contribution in [0.3, 0.4) is 0 Å². The SMILES string of the molecule is CCc1cc(C23CNCC2C3)ccc1F. The summed E-state index contributed by atoms with van der Waals surface area (Å²) < 4.78 is 13.4. The van der Waals surface area contributed by atoms with Crippen molar-refractivity contribution < 1.29 is 4.39 Å². The van der Waals surface area contributed by atoms with Gasteiger partial charge in [0.25, 0.3) is 0 Å². The summed E-state index contributed by atoms with van der Waals surface area (Å²) >= 11 is 0. The quantitative estimate of drug-likeness (QED) is 0.781. The Balaban J connectivity index is 1.99. The van der Waals surface area contributed by atoms with E-state index in [1.807, 2.05) is 13.0 Å². The first-order chi connectivity index (χ1) is 7.26. The molecule has 1 aliphatic heterocycles. The number of aryl methyl sites for hydroxylation is 1. The highest BCUT2D eigenvalue weighted by Gasteiger charge is 2.57. The zero-order valence-corrected chi connectivity index (χ0v) is 9.02. The molecule has 15 heavy (non-hydrogen) atoms. The minimum atomic E-state index is -0.0548. The van der Waals surface area contributed by atoms with E-state index < -0.39 is 0 Å². The van der Waals surface area contributed by atoms with E-state index in [2.05, 4.69) is 11.4 Å². The number of fused-ring (bicyclic) bond motifs is 1. The van der Waals surface area contributed by atoms with E-state index >= 15 is 0 Å². The molecule has 1 saturated heterocycles. The van der Waals surface area contributed by atoms with Gasteiger partial charge in [0.15, 0.2) is 0 Å². The van der Waals surface area contributed by atoms with Gasteiger partial charge < -0.3 is 5.32 Å². The molecule has 3 rings (SSSR count). The molecule has 2 fully saturated rings. The van der Waals surface area contributed by atoms with Crippen LogP contribution >= 0.6 is 0 Å². The molecular weight excluding hydrogens is 189 g/mol. The van der Waals surface area contributed by atoms with E-state index in [9.17, 15) is 4.39 Å². The van der Waals surface area contributed by atoms with Crippen molar-refractivity contribution in [2.24, 2.45) is 5.92 Å². The molecule has 1 saturated carbocycles. The molecule has 0 aromatic heterocycles. The monoisotopic (exact) mass is 205 g/mol. The largest absolute Gasteiger partial charge is 0.316 e. The van der Waals surface area contributed by atoms with Crippen molar-refractivity contribution in [3.8, 4) is 0 Å². The Kier molecular flexibility index (Phi) is 1.90. The van der Waals surface area contributed by atoms with E-state index in [0.29, 0.717) is 5.41 Å². The highest BCUT2D eigenvalue weighted by molar-refractivity contribution is 5.39. The van der Waals surface area contributed by atoms with Crippen molar-refractivity contribution in [3.63, 3.8) is 0 Å². The molecule has 1 N–H and O–H groups in total. The predicted molar refractivity (Wildman–Crippen MR) is 58.4 cm³/mol. The van der Waals surface area contributed by atoms with E-state index in [0.717, 1.165) is 31.0 Å². The normalized spacial score (nSPS) is 32.8. The molecule has 2 atom stereocenters. The maximum Gasteiger partial charge on any atom is 0.126 e. The molecule has 1 aliphatic carbocycles. The zero-order valence-electron chi connectivity index (χ0n) is 9.02. The van der Waals surface area contributed by atoms with Gasteiger partial charge in [-0.05, 0) is 42.5 Å². The fourth-order valence-corrected chi connectivity index (χ4v) is 2.95. The number of hydrogen-bond acceptors (Lipinski definition) is 1. The predicted octanol–water partition coefficient (Wildman–Crippen LogP) is 2.25. The Morgan fingerprint density at radius 1 is 1.53 bits per heavy atom. The average molecular weight is 205 g/mol. The smallest absolute Gasteiger partial charge is 0.126 e. The summed E-state index contributed by atoms with van der Waals surface area (Å²) in [5, 5.41) is 3.42. The van der Waals surface area contributed by atoms with Crippen LogP contribution in [-0.4, -0.2) is 13.1 Å². The van der Waals surface area contributed by atoms with Gasteiger partial charge in [-0.15, -0.1) is 0 Å². The maximum absolute atomic E-state index is 13.4. The fourth-order valence-electron chi connectivity index (χ4n) is 2.95.